The largest absolute Gasteiger partial charge is 0.392 e. The Morgan fingerprint density at radius 3 is 2.67 bits per heavy atom. The molecule has 0 radical (unpaired) electrons. The molecule has 4 nitrogen and oxygen atoms in total. The van der Waals surface area contributed by atoms with Gasteiger partial charge in [-0.05, 0) is 66.9 Å². The summed E-state index contributed by atoms with van der Waals surface area (Å²) < 4.78 is 25.3. The van der Waals surface area contributed by atoms with Gasteiger partial charge in [-0.2, -0.15) is 0 Å². The number of ether oxygens (including phenoxy) is 2. The van der Waals surface area contributed by atoms with Gasteiger partial charge in [-0.25, -0.2) is 4.39 Å². The number of fused-ring (bicyclic) bond motifs is 1. The predicted molar refractivity (Wildman–Crippen MR) is 127 cm³/mol. The highest BCUT2D eigenvalue weighted by atomic mass is 19.1. The smallest absolute Gasteiger partial charge is 0.123 e. The monoisotopic (exact) mass is 451 g/mol. The molecule has 3 fully saturated rings. The third-order valence-electron chi connectivity index (χ3n) is 8.82. The lowest BCUT2D eigenvalue weighted by Gasteiger charge is -2.60. The second-order valence-corrected chi connectivity index (χ2v) is 10.8. The van der Waals surface area contributed by atoms with Crippen LogP contribution in [0.5, 0.6) is 0 Å². The number of aliphatic hydroxyl groups is 1. The Morgan fingerprint density at radius 1 is 1.18 bits per heavy atom. The van der Waals surface area contributed by atoms with Crippen molar-refractivity contribution in [1.29, 1.82) is 0 Å². The minimum Gasteiger partial charge on any atom is -0.392 e. The molecular weight excluding hydrogens is 417 g/mol. The molecule has 6 atom stereocenters. The number of nitrogens with zero attached hydrogens (tertiary/aromatic N) is 1. The van der Waals surface area contributed by atoms with Gasteiger partial charge in [0.15, 0.2) is 0 Å². The Bertz CT molecular complexity index is 1030. The minimum atomic E-state index is -0.341. The first-order valence-corrected chi connectivity index (χ1v) is 12.0. The molecule has 176 valence electrons. The number of aromatic nitrogens is 1. The van der Waals surface area contributed by atoms with Crippen LogP contribution in [0, 0.1) is 28.5 Å². The molecule has 2 saturated carbocycles. The molecule has 5 heteroatoms. The van der Waals surface area contributed by atoms with Crippen LogP contribution in [0.2, 0.25) is 0 Å². The summed E-state index contributed by atoms with van der Waals surface area (Å²) in [5.41, 5.74) is 2.29. The van der Waals surface area contributed by atoms with E-state index in [4.69, 9.17) is 9.47 Å². The van der Waals surface area contributed by atoms with Gasteiger partial charge in [0.05, 0.1) is 30.6 Å². The van der Waals surface area contributed by atoms with Crippen LogP contribution in [0.4, 0.5) is 4.39 Å². The number of rotatable bonds is 5. The summed E-state index contributed by atoms with van der Waals surface area (Å²) in [7, 11) is 1.73. The molecule has 2 aromatic rings. The molecule has 1 aromatic carbocycles. The second kappa shape index (κ2) is 8.30. The van der Waals surface area contributed by atoms with Crippen LogP contribution >= 0.6 is 0 Å². The molecule has 0 bridgehead atoms. The number of hydrogen-bond acceptors (Lipinski definition) is 4. The van der Waals surface area contributed by atoms with Crippen molar-refractivity contribution in [3.8, 4) is 11.1 Å². The van der Waals surface area contributed by atoms with E-state index in [0.717, 1.165) is 49.1 Å². The zero-order valence-electron chi connectivity index (χ0n) is 19.8. The summed E-state index contributed by atoms with van der Waals surface area (Å²) >= 11 is 0. The molecule has 1 aliphatic heterocycles. The van der Waals surface area contributed by atoms with Crippen molar-refractivity contribution < 1.29 is 19.0 Å². The maximum absolute atomic E-state index is 13.6. The van der Waals surface area contributed by atoms with Gasteiger partial charge in [0.25, 0.3) is 0 Å². The van der Waals surface area contributed by atoms with Gasteiger partial charge < -0.3 is 14.6 Å². The Morgan fingerprint density at radius 2 is 2.00 bits per heavy atom. The number of benzene rings is 1. The molecule has 1 saturated heterocycles. The van der Waals surface area contributed by atoms with Crippen molar-refractivity contribution in [1.82, 2.24) is 4.98 Å². The second-order valence-electron chi connectivity index (χ2n) is 10.8. The van der Waals surface area contributed by atoms with Crippen molar-refractivity contribution in [3.05, 3.63) is 60.2 Å². The number of methoxy groups -OCH3 is 1. The van der Waals surface area contributed by atoms with E-state index >= 15 is 0 Å². The summed E-state index contributed by atoms with van der Waals surface area (Å²) in [5.74, 6) is 0.378. The van der Waals surface area contributed by atoms with E-state index in [2.05, 4.69) is 31.0 Å². The molecular formula is C28H34FNO3. The highest BCUT2D eigenvalue weighted by Crippen LogP contribution is 2.65. The predicted octanol–water partition coefficient (Wildman–Crippen LogP) is 5.51. The lowest BCUT2D eigenvalue weighted by molar-refractivity contribution is -0.171. The first-order valence-electron chi connectivity index (χ1n) is 12.0. The summed E-state index contributed by atoms with van der Waals surface area (Å²) in [5, 5.41) is 10.9. The summed E-state index contributed by atoms with van der Waals surface area (Å²) in [6.45, 7) is 5.96. The van der Waals surface area contributed by atoms with Crippen molar-refractivity contribution in [2.75, 3.05) is 20.3 Å². The van der Waals surface area contributed by atoms with Crippen LogP contribution in [0.25, 0.3) is 17.2 Å². The fourth-order valence-electron chi connectivity index (χ4n) is 6.97. The van der Waals surface area contributed by atoms with Crippen molar-refractivity contribution >= 4 is 6.08 Å². The first-order chi connectivity index (χ1) is 15.8. The fourth-order valence-corrected chi connectivity index (χ4v) is 6.97. The van der Waals surface area contributed by atoms with E-state index in [9.17, 15) is 9.50 Å². The highest BCUT2D eigenvalue weighted by molar-refractivity contribution is 5.63. The lowest BCUT2D eigenvalue weighted by Crippen LogP contribution is -2.60. The Balaban J connectivity index is 1.42. The van der Waals surface area contributed by atoms with Crippen molar-refractivity contribution in [2.45, 2.75) is 51.2 Å². The first kappa shape index (κ1) is 22.7. The van der Waals surface area contributed by atoms with Crippen molar-refractivity contribution in [2.24, 2.45) is 22.7 Å². The molecule has 2 heterocycles. The molecule has 2 aliphatic carbocycles. The normalized spacial score (nSPS) is 37.9. The van der Waals surface area contributed by atoms with Crippen LogP contribution in [0.1, 0.15) is 45.2 Å². The zero-order valence-corrected chi connectivity index (χ0v) is 19.8. The van der Waals surface area contributed by atoms with Gasteiger partial charge in [-0.3, -0.25) is 4.98 Å². The van der Waals surface area contributed by atoms with Gasteiger partial charge in [-0.1, -0.05) is 38.1 Å². The van der Waals surface area contributed by atoms with Crippen LogP contribution in [0.3, 0.4) is 0 Å². The topological polar surface area (TPSA) is 54.9 Å². The molecule has 1 N–H and O–H groups in total. The van der Waals surface area contributed by atoms with E-state index in [0.29, 0.717) is 12.5 Å². The number of pyridine rings is 1. The molecule has 3 aliphatic rings. The summed E-state index contributed by atoms with van der Waals surface area (Å²) in [6.07, 6.45) is 9.70. The van der Waals surface area contributed by atoms with Crippen LogP contribution < -0.4 is 0 Å². The van der Waals surface area contributed by atoms with Crippen LogP contribution in [-0.4, -0.2) is 42.1 Å². The third kappa shape index (κ3) is 3.84. The van der Waals surface area contributed by atoms with E-state index in [1.807, 2.05) is 18.2 Å². The average Bonchev–Trinajstić information content (AvgIpc) is 3.57. The Kier molecular flexibility index (Phi) is 5.71. The molecule has 33 heavy (non-hydrogen) atoms. The fraction of sp³-hybridized carbons (Fsp3) is 0.536. The maximum Gasteiger partial charge on any atom is 0.123 e. The van der Waals surface area contributed by atoms with Crippen LogP contribution in [-0.2, 0) is 9.47 Å². The number of halogens is 1. The number of hydrogen-bond donors (Lipinski definition) is 1. The van der Waals surface area contributed by atoms with Gasteiger partial charge >= 0.3 is 0 Å². The summed E-state index contributed by atoms with van der Waals surface area (Å²) in [4.78, 5) is 4.62. The maximum atomic E-state index is 13.6. The Labute approximate surface area is 195 Å². The van der Waals surface area contributed by atoms with Gasteiger partial charge in [0, 0.05) is 30.2 Å². The summed E-state index contributed by atoms with van der Waals surface area (Å²) in [6, 6.07) is 10.6. The van der Waals surface area contributed by atoms with Gasteiger partial charge in [0.1, 0.15) is 5.82 Å². The minimum absolute atomic E-state index is 0.0270. The molecule has 0 unspecified atom stereocenters. The lowest BCUT2D eigenvalue weighted by atomic mass is 9.45. The number of epoxide rings is 1. The van der Waals surface area contributed by atoms with Crippen molar-refractivity contribution in [3.63, 3.8) is 0 Å². The molecule has 5 rings (SSSR count). The van der Waals surface area contributed by atoms with Gasteiger partial charge in [-0.15, -0.1) is 0 Å². The van der Waals surface area contributed by atoms with E-state index in [1.54, 1.807) is 19.4 Å². The Hall–Kier alpha value is -2.08. The van der Waals surface area contributed by atoms with E-state index < -0.39 is 0 Å². The van der Waals surface area contributed by atoms with Gasteiger partial charge in [0.2, 0.25) is 0 Å². The third-order valence-corrected chi connectivity index (χ3v) is 8.82. The zero-order chi connectivity index (χ0) is 23.3. The molecule has 1 spiro atoms. The van der Waals surface area contributed by atoms with Crippen LogP contribution in [0.15, 0.2) is 48.7 Å². The quantitative estimate of drug-likeness (QED) is 0.609. The number of aliphatic hydroxyl groups excluding tert-OH is 1. The molecule has 0 amide bonds. The average molecular weight is 452 g/mol. The molecule has 1 aromatic heterocycles. The standard InChI is InChI=1S/C28H34FNO3/c1-26-13-12-25(31)27(2,17-32-3)23(26)11-14-28(18-33-28)24(26)10-9-22-8-7-20(16-30-22)19-5-4-6-21(29)15-19/h4-10,15-16,23-25,31H,11-14,17-18H2,1-3H3/b10-9+/t23-,24-,25+,26+,27-,28+/m0/s1. The van der Waals surface area contributed by atoms with E-state index in [-0.39, 0.29) is 34.3 Å². The highest BCUT2D eigenvalue weighted by Gasteiger charge is 2.66. The van der Waals surface area contributed by atoms with E-state index in [1.165, 1.54) is 12.1 Å². The SMILES string of the molecule is COC[C@@]1(C)[C@H]2CC[C@@]3(CO3)[C@@H](/C=C/c3ccc(-c4cccc(F)c4)cn3)[C@]2(C)CC[C@H]1O.